The molecule has 2 aliphatic heterocycles. The van der Waals surface area contributed by atoms with Crippen molar-refractivity contribution in [2.45, 2.75) is 39.0 Å². The summed E-state index contributed by atoms with van der Waals surface area (Å²) in [5.41, 5.74) is 8.01. The van der Waals surface area contributed by atoms with E-state index in [1.807, 2.05) is 13.8 Å². The Morgan fingerprint density at radius 1 is 1.09 bits per heavy atom. The number of fused-ring (bicyclic) bond motifs is 3. The molecule has 6 nitrogen and oxygen atoms in total. The first-order valence-electron chi connectivity index (χ1n) is 10.9. The topological polar surface area (TPSA) is 99.2 Å². The minimum absolute atomic E-state index is 0.0206. The van der Waals surface area contributed by atoms with Gasteiger partial charge < -0.3 is 11.1 Å². The largest absolute Gasteiger partial charge is 0.384 e. The summed E-state index contributed by atoms with van der Waals surface area (Å²) in [6.07, 6.45) is 0.739. The SMILES string of the molecule is Cc1c(Cl)ccc2c1NC(=O)C21C(C#N)=C(N)N(c2ccc(Cl)cc2)C2=C1C(=O)CC(C)(C)C2. The van der Waals surface area contributed by atoms with Gasteiger partial charge in [-0.25, -0.2) is 0 Å². The fraction of sp³-hybridized carbons (Fsp3) is 0.269. The second-order valence-corrected chi connectivity index (χ2v) is 10.6. The van der Waals surface area contributed by atoms with Crippen LogP contribution in [0.1, 0.15) is 37.8 Å². The summed E-state index contributed by atoms with van der Waals surface area (Å²) in [4.78, 5) is 29.4. The molecule has 1 amide bonds. The van der Waals surface area contributed by atoms with Gasteiger partial charge >= 0.3 is 0 Å². The summed E-state index contributed by atoms with van der Waals surface area (Å²) >= 11 is 12.4. The van der Waals surface area contributed by atoms with Crippen LogP contribution in [0.3, 0.4) is 0 Å². The van der Waals surface area contributed by atoms with Crippen molar-refractivity contribution in [2.24, 2.45) is 11.1 Å². The van der Waals surface area contributed by atoms with E-state index in [-0.39, 0.29) is 29.0 Å². The standard InChI is InChI=1S/C26H22Cl2N4O2/c1-13-18(28)9-8-16-22(13)31-24(34)26(16)17(12-29)23(30)32(15-6-4-14(27)5-7-15)19-10-25(2,3)11-20(33)21(19)26/h4-9H,10-11,30H2,1-3H3,(H,31,34). The van der Waals surface area contributed by atoms with Crippen LogP contribution in [-0.2, 0) is 15.0 Å². The molecule has 2 aromatic rings. The van der Waals surface area contributed by atoms with E-state index in [0.29, 0.717) is 50.2 Å². The van der Waals surface area contributed by atoms with E-state index in [2.05, 4.69) is 11.4 Å². The number of halogens is 2. The van der Waals surface area contributed by atoms with Crippen LogP contribution in [-0.4, -0.2) is 11.7 Å². The molecule has 8 heteroatoms. The van der Waals surface area contributed by atoms with Gasteiger partial charge in [0.2, 0.25) is 5.91 Å². The van der Waals surface area contributed by atoms with Gasteiger partial charge in [0.15, 0.2) is 5.78 Å². The van der Waals surface area contributed by atoms with Crippen molar-refractivity contribution in [3.63, 3.8) is 0 Å². The minimum atomic E-state index is -1.63. The van der Waals surface area contributed by atoms with E-state index in [1.165, 1.54) is 0 Å². The number of amides is 1. The second kappa shape index (κ2) is 7.36. The van der Waals surface area contributed by atoms with Crippen LogP contribution in [0, 0.1) is 23.7 Å². The van der Waals surface area contributed by atoms with E-state index >= 15 is 0 Å². The highest BCUT2D eigenvalue weighted by Gasteiger charge is 2.61. The van der Waals surface area contributed by atoms with Gasteiger partial charge in [0.05, 0.1) is 11.3 Å². The van der Waals surface area contributed by atoms with Crippen molar-refractivity contribution in [1.82, 2.24) is 0 Å². The first-order chi connectivity index (χ1) is 16.0. The Hall–Kier alpha value is -3.27. The van der Waals surface area contributed by atoms with Crippen molar-refractivity contribution in [1.29, 1.82) is 5.26 Å². The Bertz CT molecular complexity index is 1400. The molecule has 1 atom stereocenters. The Morgan fingerprint density at radius 2 is 1.76 bits per heavy atom. The maximum Gasteiger partial charge on any atom is 0.245 e. The number of anilines is 2. The van der Waals surface area contributed by atoms with E-state index in [1.54, 1.807) is 48.2 Å². The number of hydrogen-bond acceptors (Lipinski definition) is 5. The van der Waals surface area contributed by atoms with E-state index in [0.717, 1.165) is 0 Å². The van der Waals surface area contributed by atoms with E-state index in [9.17, 15) is 14.9 Å². The molecule has 172 valence electrons. The maximum absolute atomic E-state index is 13.8. The molecule has 0 saturated heterocycles. The molecule has 0 bridgehead atoms. The molecule has 0 saturated carbocycles. The molecular formula is C26H22Cl2N4O2. The molecule has 0 fully saturated rings. The smallest absolute Gasteiger partial charge is 0.245 e. The quantitative estimate of drug-likeness (QED) is 0.558. The van der Waals surface area contributed by atoms with Crippen LogP contribution in [0.2, 0.25) is 10.0 Å². The molecule has 2 aromatic carbocycles. The number of hydrogen-bond donors (Lipinski definition) is 2. The number of nitrogens with zero attached hydrogens (tertiary/aromatic N) is 2. The predicted molar refractivity (Wildman–Crippen MR) is 132 cm³/mol. The third kappa shape index (κ3) is 2.87. The van der Waals surface area contributed by atoms with Gasteiger partial charge in [-0.15, -0.1) is 0 Å². The van der Waals surface area contributed by atoms with Crippen molar-refractivity contribution in [2.75, 3.05) is 10.2 Å². The summed E-state index contributed by atoms with van der Waals surface area (Å²) in [7, 11) is 0. The van der Waals surface area contributed by atoms with Crippen LogP contribution >= 0.6 is 23.2 Å². The lowest BCUT2D eigenvalue weighted by atomic mass is 9.60. The number of benzene rings is 2. The number of nitrogens with one attached hydrogen (secondary N) is 1. The summed E-state index contributed by atoms with van der Waals surface area (Å²) in [5, 5.41) is 14.3. The normalized spacial score (nSPS) is 23.1. The monoisotopic (exact) mass is 492 g/mol. The highest BCUT2D eigenvalue weighted by molar-refractivity contribution is 6.32. The lowest BCUT2D eigenvalue weighted by molar-refractivity contribution is -0.123. The highest BCUT2D eigenvalue weighted by atomic mass is 35.5. The zero-order valence-corrected chi connectivity index (χ0v) is 20.4. The molecule has 34 heavy (non-hydrogen) atoms. The summed E-state index contributed by atoms with van der Waals surface area (Å²) in [6.45, 7) is 5.81. The first-order valence-corrected chi connectivity index (χ1v) is 11.6. The van der Waals surface area contributed by atoms with E-state index < -0.39 is 11.3 Å². The van der Waals surface area contributed by atoms with Gasteiger partial charge in [-0.05, 0) is 54.7 Å². The number of nitrogens with two attached hydrogens (primary N) is 1. The third-order valence-corrected chi connectivity index (χ3v) is 7.61. The predicted octanol–water partition coefficient (Wildman–Crippen LogP) is 5.35. The van der Waals surface area contributed by atoms with Crippen LogP contribution in [0.5, 0.6) is 0 Å². The molecule has 5 rings (SSSR count). The van der Waals surface area contributed by atoms with Crippen LogP contribution in [0.25, 0.3) is 0 Å². The number of carbonyl (C=O) groups is 2. The summed E-state index contributed by atoms with van der Waals surface area (Å²) < 4.78 is 0. The second-order valence-electron chi connectivity index (χ2n) is 9.75. The lowest BCUT2D eigenvalue weighted by Gasteiger charge is -2.46. The van der Waals surface area contributed by atoms with Gasteiger partial charge in [0.1, 0.15) is 17.3 Å². The van der Waals surface area contributed by atoms with Crippen molar-refractivity contribution < 1.29 is 9.59 Å². The lowest BCUT2D eigenvalue weighted by Crippen LogP contribution is -2.52. The number of rotatable bonds is 1. The number of nitriles is 1. The molecule has 3 aliphatic rings. The van der Waals surface area contributed by atoms with Crippen molar-refractivity contribution in [3.05, 3.63) is 80.2 Å². The molecule has 1 unspecified atom stereocenters. The molecule has 1 spiro atoms. The van der Waals surface area contributed by atoms with Gasteiger partial charge in [-0.3, -0.25) is 14.5 Å². The number of carbonyl (C=O) groups excluding carboxylic acids is 2. The van der Waals surface area contributed by atoms with Crippen LogP contribution in [0.15, 0.2) is 59.1 Å². The Kier molecular flexibility index (Phi) is 4.88. The van der Waals surface area contributed by atoms with E-state index in [4.69, 9.17) is 28.9 Å². The average molecular weight is 493 g/mol. The van der Waals surface area contributed by atoms with Crippen molar-refractivity contribution >= 4 is 46.3 Å². The highest BCUT2D eigenvalue weighted by Crippen LogP contribution is 2.57. The first kappa shape index (κ1) is 22.5. The Morgan fingerprint density at radius 3 is 2.41 bits per heavy atom. The molecular weight excluding hydrogens is 471 g/mol. The van der Waals surface area contributed by atoms with Gasteiger partial charge in [0.25, 0.3) is 0 Å². The maximum atomic E-state index is 13.8. The number of allylic oxidation sites excluding steroid dienone is 1. The Labute approximate surface area is 207 Å². The molecule has 2 heterocycles. The minimum Gasteiger partial charge on any atom is -0.384 e. The zero-order valence-electron chi connectivity index (χ0n) is 18.9. The molecule has 1 aliphatic carbocycles. The van der Waals surface area contributed by atoms with Gasteiger partial charge in [0, 0.05) is 39.0 Å². The summed E-state index contributed by atoms with van der Waals surface area (Å²) in [5.74, 6) is -0.533. The third-order valence-electron chi connectivity index (χ3n) is 6.95. The fourth-order valence-electron chi connectivity index (χ4n) is 5.49. The molecule has 0 radical (unpaired) electrons. The van der Waals surface area contributed by atoms with Crippen molar-refractivity contribution in [3.8, 4) is 6.07 Å². The van der Waals surface area contributed by atoms with Gasteiger partial charge in [-0.2, -0.15) is 5.26 Å². The summed E-state index contributed by atoms with van der Waals surface area (Å²) in [6, 6.07) is 12.6. The zero-order chi connectivity index (χ0) is 24.6. The number of ketones is 1. The molecule has 3 N–H and O–H groups in total. The number of Topliss-reactive ketones (excluding diaryl/α,β-unsaturated/α-hetero) is 1. The Balaban J connectivity index is 1.91. The van der Waals surface area contributed by atoms with Crippen LogP contribution in [0.4, 0.5) is 11.4 Å². The van der Waals surface area contributed by atoms with Crippen LogP contribution < -0.4 is 16.0 Å². The average Bonchev–Trinajstić information content (AvgIpc) is 3.04. The van der Waals surface area contributed by atoms with Gasteiger partial charge in [-0.1, -0.05) is 43.1 Å². The molecule has 0 aromatic heterocycles. The fourth-order valence-corrected chi connectivity index (χ4v) is 5.77.